The third kappa shape index (κ3) is 2.50. The SMILES string of the molecule is COC(=O)c1ccc2cc(-c3cc(F)cc(F)c3)[nH]c2c1. The molecule has 2 aromatic carbocycles. The van der Waals surface area contributed by atoms with Crippen molar-refractivity contribution in [1.82, 2.24) is 4.98 Å². The smallest absolute Gasteiger partial charge is 0.337 e. The van der Waals surface area contributed by atoms with Gasteiger partial charge in [-0.3, -0.25) is 0 Å². The lowest BCUT2D eigenvalue weighted by Crippen LogP contribution is -2.00. The molecule has 1 heterocycles. The van der Waals surface area contributed by atoms with Gasteiger partial charge in [0.25, 0.3) is 0 Å². The molecule has 0 bridgehead atoms. The summed E-state index contributed by atoms with van der Waals surface area (Å²) in [5.74, 6) is -1.72. The minimum Gasteiger partial charge on any atom is -0.465 e. The highest BCUT2D eigenvalue weighted by atomic mass is 19.1. The molecule has 0 aliphatic carbocycles. The van der Waals surface area contributed by atoms with Crippen LogP contribution >= 0.6 is 0 Å². The highest BCUT2D eigenvalue weighted by Crippen LogP contribution is 2.26. The predicted octanol–water partition coefficient (Wildman–Crippen LogP) is 3.90. The molecule has 0 unspecified atom stereocenters. The molecule has 3 nitrogen and oxygen atoms in total. The van der Waals surface area contributed by atoms with E-state index in [0.717, 1.165) is 11.5 Å². The first-order chi connectivity index (χ1) is 10.1. The zero-order chi connectivity index (χ0) is 15.0. The first-order valence-electron chi connectivity index (χ1n) is 6.24. The van der Waals surface area contributed by atoms with Crippen LogP contribution in [0.5, 0.6) is 0 Å². The fourth-order valence-corrected chi connectivity index (χ4v) is 2.24. The Labute approximate surface area is 119 Å². The van der Waals surface area contributed by atoms with Crippen LogP contribution in [0.1, 0.15) is 10.4 Å². The number of aromatic amines is 1. The average Bonchev–Trinajstić information content (AvgIpc) is 2.88. The summed E-state index contributed by atoms with van der Waals surface area (Å²) in [6.07, 6.45) is 0. The third-order valence-corrected chi connectivity index (χ3v) is 3.22. The van der Waals surface area contributed by atoms with E-state index < -0.39 is 17.6 Å². The zero-order valence-corrected chi connectivity index (χ0v) is 11.1. The molecule has 0 saturated heterocycles. The Morgan fingerprint density at radius 2 is 1.76 bits per heavy atom. The number of rotatable bonds is 2. The largest absolute Gasteiger partial charge is 0.465 e. The second-order valence-electron chi connectivity index (χ2n) is 4.63. The topological polar surface area (TPSA) is 42.1 Å². The number of methoxy groups -OCH3 is 1. The summed E-state index contributed by atoms with van der Waals surface area (Å²) in [4.78, 5) is 14.5. The molecule has 0 aliphatic rings. The van der Waals surface area contributed by atoms with Crippen LogP contribution in [0, 0.1) is 11.6 Å². The maximum Gasteiger partial charge on any atom is 0.337 e. The minimum absolute atomic E-state index is 0.406. The van der Waals surface area contributed by atoms with Gasteiger partial charge in [-0.15, -0.1) is 0 Å². The van der Waals surface area contributed by atoms with Crippen LogP contribution < -0.4 is 0 Å². The molecule has 0 fully saturated rings. The second-order valence-corrected chi connectivity index (χ2v) is 4.63. The molecular weight excluding hydrogens is 276 g/mol. The Morgan fingerprint density at radius 1 is 1.05 bits per heavy atom. The van der Waals surface area contributed by atoms with Crippen LogP contribution in [-0.2, 0) is 4.74 Å². The van der Waals surface area contributed by atoms with Crippen molar-refractivity contribution in [1.29, 1.82) is 0 Å². The van der Waals surface area contributed by atoms with Gasteiger partial charge in [0.1, 0.15) is 11.6 Å². The second kappa shape index (κ2) is 5.01. The number of H-pyrrole nitrogens is 1. The fraction of sp³-hybridized carbons (Fsp3) is 0.0625. The Hall–Kier alpha value is -2.69. The normalized spacial score (nSPS) is 10.8. The van der Waals surface area contributed by atoms with Gasteiger partial charge in [0.2, 0.25) is 0 Å². The highest BCUT2D eigenvalue weighted by molar-refractivity contribution is 5.95. The van der Waals surface area contributed by atoms with E-state index >= 15 is 0 Å². The number of carbonyl (C=O) groups is 1. The van der Waals surface area contributed by atoms with Crippen molar-refractivity contribution in [2.45, 2.75) is 0 Å². The fourth-order valence-electron chi connectivity index (χ4n) is 2.24. The van der Waals surface area contributed by atoms with Crippen molar-refractivity contribution >= 4 is 16.9 Å². The van der Waals surface area contributed by atoms with E-state index in [2.05, 4.69) is 9.72 Å². The number of esters is 1. The Kier molecular flexibility index (Phi) is 3.17. The molecule has 0 radical (unpaired) electrons. The molecule has 21 heavy (non-hydrogen) atoms. The van der Waals surface area contributed by atoms with Crippen LogP contribution in [0.2, 0.25) is 0 Å². The van der Waals surface area contributed by atoms with Gasteiger partial charge in [-0.05, 0) is 30.3 Å². The van der Waals surface area contributed by atoms with Crippen LogP contribution in [0.3, 0.4) is 0 Å². The number of ether oxygens (including phenoxy) is 1. The number of halogens is 2. The van der Waals surface area contributed by atoms with Gasteiger partial charge < -0.3 is 9.72 Å². The number of aromatic nitrogens is 1. The van der Waals surface area contributed by atoms with E-state index in [9.17, 15) is 13.6 Å². The lowest BCUT2D eigenvalue weighted by molar-refractivity contribution is 0.0601. The minimum atomic E-state index is -0.640. The maximum atomic E-state index is 13.3. The molecule has 5 heteroatoms. The molecule has 1 aromatic heterocycles. The quantitative estimate of drug-likeness (QED) is 0.726. The number of hydrogen-bond donors (Lipinski definition) is 1. The summed E-state index contributed by atoms with van der Waals surface area (Å²) < 4.78 is 31.2. The van der Waals surface area contributed by atoms with Gasteiger partial charge in [0.05, 0.1) is 12.7 Å². The van der Waals surface area contributed by atoms with Crippen LogP contribution in [0.15, 0.2) is 42.5 Å². The zero-order valence-electron chi connectivity index (χ0n) is 11.1. The Morgan fingerprint density at radius 3 is 2.43 bits per heavy atom. The molecule has 3 aromatic rings. The lowest BCUT2D eigenvalue weighted by atomic mass is 10.1. The molecule has 0 atom stereocenters. The Balaban J connectivity index is 2.10. The van der Waals surface area contributed by atoms with Gasteiger partial charge in [-0.2, -0.15) is 0 Å². The van der Waals surface area contributed by atoms with Crippen molar-refractivity contribution < 1.29 is 18.3 Å². The highest BCUT2D eigenvalue weighted by Gasteiger charge is 2.10. The number of carbonyl (C=O) groups excluding carboxylic acids is 1. The summed E-state index contributed by atoms with van der Waals surface area (Å²) in [6.45, 7) is 0. The van der Waals surface area contributed by atoms with Crippen molar-refractivity contribution in [2.75, 3.05) is 7.11 Å². The standard InChI is InChI=1S/C16H11F2NO2/c1-21-16(20)10-3-2-9-6-15(19-14(9)7-10)11-4-12(17)8-13(18)5-11/h2-8,19H,1H3. The van der Waals surface area contributed by atoms with Gasteiger partial charge >= 0.3 is 5.97 Å². The van der Waals surface area contributed by atoms with Gasteiger partial charge in [0, 0.05) is 28.2 Å². The average molecular weight is 287 g/mol. The van der Waals surface area contributed by atoms with Gasteiger partial charge in [0.15, 0.2) is 0 Å². The predicted molar refractivity (Wildman–Crippen MR) is 75.0 cm³/mol. The van der Waals surface area contributed by atoms with E-state index in [1.165, 1.54) is 19.2 Å². The van der Waals surface area contributed by atoms with Gasteiger partial charge in [-0.1, -0.05) is 6.07 Å². The number of hydrogen-bond acceptors (Lipinski definition) is 2. The van der Waals surface area contributed by atoms with E-state index in [4.69, 9.17) is 0 Å². The van der Waals surface area contributed by atoms with E-state index in [-0.39, 0.29) is 0 Å². The molecule has 1 N–H and O–H groups in total. The first-order valence-corrected chi connectivity index (χ1v) is 6.24. The van der Waals surface area contributed by atoms with Gasteiger partial charge in [-0.25, -0.2) is 13.6 Å². The molecular formula is C16H11F2NO2. The summed E-state index contributed by atoms with van der Waals surface area (Å²) in [6, 6.07) is 10.1. The summed E-state index contributed by atoms with van der Waals surface area (Å²) in [7, 11) is 1.31. The summed E-state index contributed by atoms with van der Waals surface area (Å²) in [5.41, 5.74) is 2.08. The molecule has 3 rings (SSSR count). The molecule has 0 aliphatic heterocycles. The van der Waals surface area contributed by atoms with Crippen molar-refractivity contribution in [3.05, 3.63) is 59.7 Å². The first kappa shape index (κ1) is 13.3. The third-order valence-electron chi connectivity index (χ3n) is 3.22. The molecule has 0 amide bonds. The van der Waals surface area contributed by atoms with E-state index in [0.29, 0.717) is 22.3 Å². The molecule has 0 spiro atoms. The van der Waals surface area contributed by atoms with E-state index in [1.54, 1.807) is 24.3 Å². The maximum absolute atomic E-state index is 13.3. The number of nitrogens with one attached hydrogen (secondary N) is 1. The lowest BCUT2D eigenvalue weighted by Gasteiger charge is -1.99. The monoisotopic (exact) mass is 287 g/mol. The van der Waals surface area contributed by atoms with Crippen LogP contribution in [0.25, 0.3) is 22.2 Å². The van der Waals surface area contributed by atoms with E-state index in [1.807, 2.05) is 0 Å². The summed E-state index contributed by atoms with van der Waals surface area (Å²) in [5, 5.41) is 0.835. The Bertz CT molecular complexity index is 819. The van der Waals surface area contributed by atoms with Crippen LogP contribution in [-0.4, -0.2) is 18.1 Å². The number of benzene rings is 2. The summed E-state index contributed by atoms with van der Waals surface area (Å²) >= 11 is 0. The molecule has 106 valence electrons. The molecule has 0 saturated carbocycles. The number of fused-ring (bicyclic) bond motifs is 1. The van der Waals surface area contributed by atoms with Crippen molar-refractivity contribution in [3.63, 3.8) is 0 Å². The van der Waals surface area contributed by atoms with Crippen molar-refractivity contribution in [2.24, 2.45) is 0 Å². The van der Waals surface area contributed by atoms with Crippen LogP contribution in [0.4, 0.5) is 8.78 Å². The van der Waals surface area contributed by atoms with Crippen molar-refractivity contribution in [3.8, 4) is 11.3 Å².